The highest BCUT2D eigenvalue weighted by Gasteiger charge is 2.54. The van der Waals surface area contributed by atoms with E-state index in [0.717, 1.165) is 60.9 Å². The number of hydrogen-bond acceptors (Lipinski definition) is 3. The van der Waals surface area contributed by atoms with E-state index in [1.54, 1.807) is 24.5 Å². The number of likely N-dealkylation sites (tertiary alicyclic amines) is 1. The molecule has 1 amide bonds. The number of hydrogen-bond donors (Lipinski definition) is 1. The highest BCUT2D eigenvalue weighted by Crippen LogP contribution is 2.53. The lowest BCUT2D eigenvalue weighted by Crippen LogP contribution is -2.26. The third-order valence-corrected chi connectivity index (χ3v) is 6.06. The Morgan fingerprint density at radius 3 is 2.78 bits per heavy atom. The van der Waals surface area contributed by atoms with E-state index in [2.05, 4.69) is 21.3 Å². The number of piperidine rings is 1. The minimum absolute atomic E-state index is 0.0370. The van der Waals surface area contributed by atoms with Gasteiger partial charge in [0.25, 0.3) is 0 Å². The van der Waals surface area contributed by atoms with Crippen LogP contribution in [-0.4, -0.2) is 35.4 Å². The van der Waals surface area contributed by atoms with Crippen molar-refractivity contribution in [3.63, 3.8) is 0 Å². The number of nitrogens with zero attached hydrogens (tertiary/aromatic N) is 2. The van der Waals surface area contributed by atoms with Gasteiger partial charge >= 0.3 is 0 Å². The molecule has 0 radical (unpaired) electrons. The number of nitrogens with one attached hydrogen (secondary N) is 1. The zero-order chi connectivity index (χ0) is 18.6. The number of rotatable bonds is 7. The topological polar surface area (TPSA) is 45.2 Å². The van der Waals surface area contributed by atoms with Crippen LogP contribution in [0.15, 0.2) is 54.9 Å². The quantitative estimate of drug-likeness (QED) is 0.745. The number of fused-ring (bicyclic) bond motifs is 1. The van der Waals surface area contributed by atoms with Gasteiger partial charge in [-0.05, 0) is 53.5 Å². The second-order valence-electron chi connectivity index (χ2n) is 7.48. The summed E-state index contributed by atoms with van der Waals surface area (Å²) >= 11 is 6.27. The zero-order valence-electron chi connectivity index (χ0n) is 15.2. The first-order valence-electron chi connectivity index (χ1n) is 9.52. The normalized spacial score (nSPS) is 24.1. The molecule has 2 fully saturated rings. The van der Waals surface area contributed by atoms with Crippen LogP contribution >= 0.6 is 11.6 Å². The number of pyridine rings is 1. The van der Waals surface area contributed by atoms with Crippen molar-refractivity contribution in [1.82, 2.24) is 15.2 Å². The molecule has 1 unspecified atom stereocenters. The molecule has 1 N–H and O–H groups in total. The molecule has 4 nitrogen and oxygen atoms in total. The predicted octanol–water partition coefficient (Wildman–Crippen LogP) is 3.63. The van der Waals surface area contributed by atoms with Crippen molar-refractivity contribution >= 4 is 23.6 Å². The highest BCUT2D eigenvalue weighted by molar-refractivity contribution is 6.31. The van der Waals surface area contributed by atoms with Crippen LogP contribution in [0.3, 0.4) is 0 Å². The van der Waals surface area contributed by atoms with Crippen LogP contribution in [0.5, 0.6) is 0 Å². The predicted molar refractivity (Wildman–Crippen MR) is 108 cm³/mol. The van der Waals surface area contributed by atoms with E-state index in [9.17, 15) is 4.79 Å². The van der Waals surface area contributed by atoms with Crippen molar-refractivity contribution in [2.45, 2.75) is 13.0 Å². The average molecular weight is 382 g/mol. The van der Waals surface area contributed by atoms with Crippen molar-refractivity contribution in [3.8, 4) is 0 Å². The Balaban J connectivity index is 1.15. The molecule has 140 valence electrons. The number of carbonyl (C=O) groups excluding carboxylic acids is 1. The first-order valence-corrected chi connectivity index (χ1v) is 9.90. The third-order valence-electron chi connectivity index (χ3n) is 5.69. The molecule has 4 rings (SSSR count). The van der Waals surface area contributed by atoms with E-state index < -0.39 is 0 Å². The largest absolute Gasteiger partial charge is 0.353 e. The van der Waals surface area contributed by atoms with Gasteiger partial charge in [-0.2, -0.15) is 0 Å². The summed E-state index contributed by atoms with van der Waals surface area (Å²) < 4.78 is 0. The first-order chi connectivity index (χ1) is 13.2. The van der Waals surface area contributed by atoms with Crippen LogP contribution in [-0.2, 0) is 11.3 Å². The van der Waals surface area contributed by atoms with Gasteiger partial charge in [0.15, 0.2) is 0 Å². The average Bonchev–Trinajstić information content (AvgIpc) is 3.13. The van der Waals surface area contributed by atoms with E-state index in [-0.39, 0.29) is 5.91 Å². The summed E-state index contributed by atoms with van der Waals surface area (Å²) in [6.45, 7) is 3.98. The molecule has 1 aliphatic heterocycles. The van der Waals surface area contributed by atoms with E-state index in [0.29, 0.717) is 0 Å². The second kappa shape index (κ2) is 8.24. The van der Waals surface area contributed by atoms with Gasteiger partial charge in [0.1, 0.15) is 0 Å². The fourth-order valence-corrected chi connectivity index (χ4v) is 4.42. The molecule has 5 heteroatoms. The number of aromatic nitrogens is 1. The summed E-state index contributed by atoms with van der Waals surface area (Å²) in [5.41, 5.74) is 2.15. The summed E-state index contributed by atoms with van der Waals surface area (Å²) in [4.78, 5) is 18.4. The summed E-state index contributed by atoms with van der Waals surface area (Å²) in [5.74, 6) is 2.30. The van der Waals surface area contributed by atoms with E-state index in [4.69, 9.17) is 11.6 Å². The molecule has 3 atom stereocenters. The Morgan fingerprint density at radius 1 is 1.22 bits per heavy atom. The van der Waals surface area contributed by atoms with Crippen molar-refractivity contribution < 1.29 is 4.79 Å². The van der Waals surface area contributed by atoms with Crippen LogP contribution in [0.2, 0.25) is 5.02 Å². The molecular weight excluding hydrogens is 358 g/mol. The Morgan fingerprint density at radius 2 is 2.04 bits per heavy atom. The van der Waals surface area contributed by atoms with Gasteiger partial charge in [0.2, 0.25) is 5.91 Å². The fraction of sp³-hybridized carbons (Fsp3) is 0.364. The van der Waals surface area contributed by atoms with Crippen molar-refractivity contribution in [1.29, 1.82) is 0 Å². The van der Waals surface area contributed by atoms with Crippen LogP contribution in [0.1, 0.15) is 17.5 Å². The van der Waals surface area contributed by atoms with Crippen LogP contribution in [0.25, 0.3) is 6.08 Å². The molecule has 0 spiro atoms. The maximum atomic E-state index is 11.9. The molecule has 1 saturated heterocycles. The smallest absolute Gasteiger partial charge is 0.244 e. The minimum Gasteiger partial charge on any atom is -0.353 e. The molecule has 2 heterocycles. The summed E-state index contributed by atoms with van der Waals surface area (Å²) in [6, 6.07) is 11.9. The molecule has 0 bridgehead atoms. The number of amides is 1. The van der Waals surface area contributed by atoms with Crippen LogP contribution < -0.4 is 5.32 Å². The lowest BCUT2D eigenvalue weighted by molar-refractivity contribution is -0.116. The number of benzene rings is 1. The Hall–Kier alpha value is -2.17. The number of carbonyl (C=O) groups is 1. The minimum atomic E-state index is -0.0370. The Bertz CT molecular complexity index is 811. The van der Waals surface area contributed by atoms with Gasteiger partial charge in [0.05, 0.1) is 0 Å². The lowest BCUT2D eigenvalue weighted by Gasteiger charge is -2.20. The maximum absolute atomic E-state index is 11.9. The van der Waals surface area contributed by atoms with Crippen LogP contribution in [0.4, 0.5) is 0 Å². The SMILES string of the molecule is O=C(/C=C/c1cccnc1)NCCC1[C@H]2CN(Cc3ccccc3Cl)C[C@@H]12. The Kier molecular flexibility index (Phi) is 5.55. The monoisotopic (exact) mass is 381 g/mol. The highest BCUT2D eigenvalue weighted by atomic mass is 35.5. The van der Waals surface area contributed by atoms with Crippen LogP contribution in [0, 0.1) is 17.8 Å². The lowest BCUT2D eigenvalue weighted by atomic mass is 10.1. The van der Waals surface area contributed by atoms with Gasteiger partial charge in [-0.1, -0.05) is 35.9 Å². The molecule has 1 aliphatic carbocycles. The maximum Gasteiger partial charge on any atom is 0.244 e. The van der Waals surface area contributed by atoms with Crippen molar-refractivity contribution in [2.75, 3.05) is 19.6 Å². The van der Waals surface area contributed by atoms with Gasteiger partial charge < -0.3 is 5.32 Å². The molecule has 2 aromatic rings. The first kappa shape index (κ1) is 18.2. The summed E-state index contributed by atoms with van der Waals surface area (Å²) in [6.07, 6.45) is 7.90. The number of halogens is 1. The zero-order valence-corrected chi connectivity index (χ0v) is 16.0. The van der Waals surface area contributed by atoms with E-state index >= 15 is 0 Å². The van der Waals surface area contributed by atoms with E-state index in [1.807, 2.05) is 30.3 Å². The van der Waals surface area contributed by atoms with Gasteiger partial charge in [-0.25, -0.2) is 0 Å². The molecule has 1 aromatic carbocycles. The van der Waals surface area contributed by atoms with Crippen molar-refractivity contribution in [2.24, 2.45) is 17.8 Å². The van der Waals surface area contributed by atoms with Gasteiger partial charge in [-0.3, -0.25) is 14.7 Å². The summed E-state index contributed by atoms with van der Waals surface area (Å²) in [7, 11) is 0. The molecule has 2 aliphatic rings. The van der Waals surface area contributed by atoms with Gasteiger partial charge in [-0.15, -0.1) is 0 Å². The molecule has 1 aromatic heterocycles. The van der Waals surface area contributed by atoms with E-state index in [1.165, 1.54) is 5.56 Å². The molecule has 27 heavy (non-hydrogen) atoms. The molecule has 1 saturated carbocycles. The van der Waals surface area contributed by atoms with Gasteiger partial charge in [0, 0.05) is 49.7 Å². The fourth-order valence-electron chi connectivity index (χ4n) is 4.23. The molecular formula is C22H24ClN3O. The van der Waals surface area contributed by atoms with Crippen molar-refractivity contribution in [3.05, 3.63) is 71.0 Å². The third kappa shape index (κ3) is 4.57. The Labute approximate surface area is 165 Å². The standard InChI is InChI=1S/C22H24ClN3O/c23-21-6-2-1-5-17(21)13-26-14-19-18(20(19)15-26)9-11-25-22(27)8-7-16-4-3-10-24-12-16/h1-8,10,12,18-20H,9,11,13-15H2,(H,25,27)/b8-7+/t18?,19-,20+. The second-order valence-corrected chi connectivity index (χ2v) is 7.88. The summed E-state index contributed by atoms with van der Waals surface area (Å²) in [5, 5.41) is 3.85.